The van der Waals surface area contributed by atoms with Gasteiger partial charge in [0.2, 0.25) is 5.91 Å². The highest BCUT2D eigenvalue weighted by atomic mass is 19.3. The number of halogens is 2. The molecule has 0 aliphatic heterocycles. The topological polar surface area (TPSA) is 49.8 Å². The van der Waals surface area contributed by atoms with Crippen molar-refractivity contribution in [2.45, 2.75) is 20.0 Å². The summed E-state index contributed by atoms with van der Waals surface area (Å²) in [6, 6.07) is 6.19. The van der Waals surface area contributed by atoms with E-state index in [1.165, 1.54) is 11.0 Å². The molecule has 0 saturated carbocycles. The van der Waals surface area contributed by atoms with Gasteiger partial charge in [0.1, 0.15) is 5.75 Å². The Labute approximate surface area is 110 Å². The Morgan fingerprint density at radius 3 is 2.68 bits per heavy atom. The van der Waals surface area contributed by atoms with Gasteiger partial charge < -0.3 is 14.7 Å². The van der Waals surface area contributed by atoms with Crippen LogP contribution < -0.4 is 4.74 Å². The number of ether oxygens (including phenoxy) is 1. The van der Waals surface area contributed by atoms with E-state index in [9.17, 15) is 13.6 Å². The lowest BCUT2D eigenvalue weighted by Crippen LogP contribution is -2.34. The van der Waals surface area contributed by atoms with Gasteiger partial charge >= 0.3 is 6.61 Å². The van der Waals surface area contributed by atoms with Crippen LogP contribution in [0.3, 0.4) is 0 Å². The van der Waals surface area contributed by atoms with E-state index in [1.807, 2.05) is 0 Å². The molecule has 0 bridgehead atoms. The van der Waals surface area contributed by atoms with Crippen LogP contribution in [0.15, 0.2) is 24.3 Å². The largest absolute Gasteiger partial charge is 0.435 e. The summed E-state index contributed by atoms with van der Waals surface area (Å²) in [5.74, 6) is -0.229. The van der Waals surface area contributed by atoms with Crippen molar-refractivity contribution < 1.29 is 23.4 Å². The molecule has 19 heavy (non-hydrogen) atoms. The lowest BCUT2D eigenvalue weighted by Gasteiger charge is -2.20. The van der Waals surface area contributed by atoms with Gasteiger partial charge in [0, 0.05) is 18.7 Å². The second-order valence-electron chi connectivity index (χ2n) is 3.86. The number of hydrogen-bond acceptors (Lipinski definition) is 3. The smallest absolute Gasteiger partial charge is 0.387 e. The Morgan fingerprint density at radius 1 is 1.42 bits per heavy atom. The van der Waals surface area contributed by atoms with Crippen LogP contribution in [0.1, 0.15) is 12.5 Å². The molecule has 1 aromatic rings. The third-order valence-electron chi connectivity index (χ3n) is 2.63. The van der Waals surface area contributed by atoms with E-state index in [-0.39, 0.29) is 31.2 Å². The molecular formula is C13H17F2NO3. The predicted octanol–water partition coefficient (Wildman–Crippen LogP) is 1.67. The number of para-hydroxylation sites is 1. The second kappa shape index (κ2) is 7.68. The summed E-state index contributed by atoms with van der Waals surface area (Å²) in [4.78, 5) is 13.4. The minimum Gasteiger partial charge on any atom is -0.435 e. The fraction of sp³-hybridized carbons (Fsp3) is 0.462. The first-order valence-corrected chi connectivity index (χ1v) is 5.99. The zero-order chi connectivity index (χ0) is 14.3. The predicted molar refractivity (Wildman–Crippen MR) is 66.1 cm³/mol. The summed E-state index contributed by atoms with van der Waals surface area (Å²) in [5.41, 5.74) is 0.407. The highest BCUT2D eigenvalue weighted by Crippen LogP contribution is 2.21. The number of nitrogens with zero attached hydrogens (tertiary/aromatic N) is 1. The van der Waals surface area contributed by atoms with Crippen LogP contribution in [0, 0.1) is 0 Å². The molecule has 0 aliphatic rings. The number of aliphatic hydroxyl groups excluding tert-OH is 1. The summed E-state index contributed by atoms with van der Waals surface area (Å²) < 4.78 is 28.8. The Hall–Kier alpha value is -1.69. The molecule has 0 fully saturated rings. The molecule has 6 heteroatoms. The van der Waals surface area contributed by atoms with Gasteiger partial charge in [-0.1, -0.05) is 18.2 Å². The van der Waals surface area contributed by atoms with Crippen molar-refractivity contribution in [3.8, 4) is 5.75 Å². The number of rotatable bonds is 7. The van der Waals surface area contributed by atoms with Crippen molar-refractivity contribution in [2.24, 2.45) is 0 Å². The first-order chi connectivity index (χ1) is 9.08. The first kappa shape index (κ1) is 15.4. The number of carbonyl (C=O) groups is 1. The summed E-state index contributed by atoms with van der Waals surface area (Å²) in [6.45, 7) is -0.579. The molecule has 0 radical (unpaired) electrons. The van der Waals surface area contributed by atoms with E-state index in [2.05, 4.69) is 4.74 Å². The number of aliphatic hydroxyl groups is 1. The zero-order valence-corrected chi connectivity index (χ0v) is 10.7. The van der Waals surface area contributed by atoms with E-state index in [1.54, 1.807) is 25.1 Å². The van der Waals surface area contributed by atoms with Gasteiger partial charge in [-0.15, -0.1) is 0 Å². The van der Waals surface area contributed by atoms with Gasteiger partial charge in [0.05, 0.1) is 13.0 Å². The van der Waals surface area contributed by atoms with Crippen molar-refractivity contribution in [2.75, 3.05) is 19.7 Å². The Kier molecular flexibility index (Phi) is 6.21. The molecule has 4 nitrogen and oxygen atoms in total. The van der Waals surface area contributed by atoms with E-state index in [0.29, 0.717) is 12.1 Å². The lowest BCUT2D eigenvalue weighted by atomic mass is 10.1. The average Bonchev–Trinajstić information content (AvgIpc) is 2.37. The summed E-state index contributed by atoms with van der Waals surface area (Å²) in [6.07, 6.45) is -0.0310. The van der Waals surface area contributed by atoms with Crippen LogP contribution in [0.4, 0.5) is 8.78 Å². The molecule has 0 aromatic heterocycles. The summed E-state index contributed by atoms with van der Waals surface area (Å²) in [7, 11) is 0. The maximum absolute atomic E-state index is 12.2. The number of amides is 1. The van der Waals surface area contributed by atoms with Crippen molar-refractivity contribution in [1.29, 1.82) is 0 Å². The standard InChI is InChI=1S/C13H17F2NO3/c1-2-16(7-8-17)12(18)9-10-5-3-4-6-11(10)19-13(14)15/h3-6,13,17H,2,7-9H2,1H3. The fourth-order valence-corrected chi connectivity index (χ4v) is 1.72. The number of alkyl halides is 2. The van der Waals surface area contributed by atoms with Crippen LogP contribution >= 0.6 is 0 Å². The SMILES string of the molecule is CCN(CCO)C(=O)Cc1ccccc1OC(F)F. The van der Waals surface area contributed by atoms with Crippen molar-refractivity contribution in [3.63, 3.8) is 0 Å². The van der Waals surface area contributed by atoms with Crippen LogP contribution in [0.2, 0.25) is 0 Å². The fourth-order valence-electron chi connectivity index (χ4n) is 1.72. The third-order valence-corrected chi connectivity index (χ3v) is 2.63. The van der Waals surface area contributed by atoms with Crippen LogP contribution in [0.25, 0.3) is 0 Å². The second-order valence-corrected chi connectivity index (χ2v) is 3.86. The molecule has 0 unspecified atom stereocenters. The minimum absolute atomic E-state index is 0.00546. The van der Waals surface area contributed by atoms with E-state index < -0.39 is 6.61 Å². The Balaban J connectivity index is 2.78. The molecule has 0 heterocycles. The Morgan fingerprint density at radius 2 is 2.11 bits per heavy atom. The molecule has 0 aliphatic carbocycles. The molecule has 1 rings (SSSR count). The highest BCUT2D eigenvalue weighted by Gasteiger charge is 2.15. The van der Waals surface area contributed by atoms with E-state index >= 15 is 0 Å². The molecule has 106 valence electrons. The number of likely N-dealkylation sites (N-methyl/N-ethyl adjacent to an activating group) is 1. The minimum atomic E-state index is -2.92. The monoisotopic (exact) mass is 273 g/mol. The van der Waals surface area contributed by atoms with Crippen molar-refractivity contribution in [3.05, 3.63) is 29.8 Å². The molecule has 1 amide bonds. The van der Waals surface area contributed by atoms with Crippen LogP contribution in [-0.2, 0) is 11.2 Å². The van der Waals surface area contributed by atoms with E-state index in [0.717, 1.165) is 0 Å². The van der Waals surface area contributed by atoms with Crippen molar-refractivity contribution in [1.82, 2.24) is 4.90 Å². The van der Waals surface area contributed by atoms with E-state index in [4.69, 9.17) is 5.11 Å². The lowest BCUT2D eigenvalue weighted by molar-refractivity contribution is -0.130. The van der Waals surface area contributed by atoms with Gasteiger partial charge in [-0.05, 0) is 13.0 Å². The summed E-state index contributed by atoms with van der Waals surface area (Å²) in [5, 5.41) is 8.84. The zero-order valence-electron chi connectivity index (χ0n) is 10.7. The number of hydrogen-bond donors (Lipinski definition) is 1. The quantitative estimate of drug-likeness (QED) is 0.822. The van der Waals surface area contributed by atoms with Gasteiger partial charge in [0.15, 0.2) is 0 Å². The van der Waals surface area contributed by atoms with Gasteiger partial charge in [-0.3, -0.25) is 4.79 Å². The molecule has 0 atom stereocenters. The normalized spacial score (nSPS) is 10.6. The molecule has 0 spiro atoms. The van der Waals surface area contributed by atoms with Crippen LogP contribution in [0.5, 0.6) is 5.75 Å². The van der Waals surface area contributed by atoms with Crippen LogP contribution in [-0.4, -0.2) is 42.2 Å². The molecule has 1 aromatic carbocycles. The average molecular weight is 273 g/mol. The Bertz CT molecular complexity index is 413. The maximum Gasteiger partial charge on any atom is 0.387 e. The number of carbonyl (C=O) groups excluding carboxylic acids is 1. The highest BCUT2D eigenvalue weighted by molar-refractivity contribution is 5.79. The van der Waals surface area contributed by atoms with Gasteiger partial charge in [-0.2, -0.15) is 8.78 Å². The molecular weight excluding hydrogens is 256 g/mol. The third kappa shape index (κ3) is 4.82. The van der Waals surface area contributed by atoms with Gasteiger partial charge in [0.25, 0.3) is 0 Å². The summed E-state index contributed by atoms with van der Waals surface area (Å²) >= 11 is 0. The number of benzene rings is 1. The first-order valence-electron chi connectivity index (χ1n) is 5.99. The van der Waals surface area contributed by atoms with Gasteiger partial charge in [-0.25, -0.2) is 0 Å². The molecule has 0 saturated heterocycles. The van der Waals surface area contributed by atoms with Crippen molar-refractivity contribution >= 4 is 5.91 Å². The maximum atomic E-state index is 12.2. The molecule has 1 N–H and O–H groups in total.